The topological polar surface area (TPSA) is 58.8 Å². The van der Waals surface area contributed by atoms with Crippen molar-refractivity contribution in [1.29, 1.82) is 0 Å². The van der Waals surface area contributed by atoms with Gasteiger partial charge in [-0.2, -0.15) is 0 Å². The second-order valence-electron chi connectivity index (χ2n) is 7.08. The number of nitrogens with zero attached hydrogens (tertiary/aromatic N) is 3. The molecule has 0 radical (unpaired) electrons. The first-order valence-electron chi connectivity index (χ1n) is 9.43. The molecule has 1 unspecified atom stereocenters. The van der Waals surface area contributed by atoms with Crippen molar-refractivity contribution in [2.75, 3.05) is 32.8 Å². The number of morpholine rings is 1. The molecular formula is C21H27N3O3. The summed E-state index contributed by atoms with van der Waals surface area (Å²) in [6.07, 6.45) is 0. The summed E-state index contributed by atoms with van der Waals surface area (Å²) < 4.78 is 5.45. The van der Waals surface area contributed by atoms with Gasteiger partial charge >= 0.3 is 0 Å². The molecule has 0 aliphatic carbocycles. The van der Waals surface area contributed by atoms with Crippen molar-refractivity contribution in [1.82, 2.24) is 9.80 Å². The Hall–Kier alpha value is -2.28. The third-order valence-electron chi connectivity index (χ3n) is 5.01. The molecule has 0 N–H and O–H groups in total. The van der Waals surface area contributed by atoms with E-state index < -0.39 is 0 Å². The summed E-state index contributed by atoms with van der Waals surface area (Å²) in [5, 5.41) is 10.9. The van der Waals surface area contributed by atoms with Gasteiger partial charge in [0.15, 0.2) is 0 Å². The van der Waals surface area contributed by atoms with Crippen molar-refractivity contribution in [3.63, 3.8) is 0 Å². The fraction of sp³-hybridized carbons (Fsp3) is 0.429. The van der Waals surface area contributed by atoms with Crippen LogP contribution < -0.4 is 0 Å². The van der Waals surface area contributed by atoms with Gasteiger partial charge in [-0.1, -0.05) is 42.5 Å². The maximum atomic E-state index is 10.9. The van der Waals surface area contributed by atoms with E-state index in [9.17, 15) is 10.1 Å². The number of hydrogen-bond donors (Lipinski definition) is 0. The molecule has 27 heavy (non-hydrogen) atoms. The van der Waals surface area contributed by atoms with E-state index in [0.717, 1.165) is 51.5 Å². The van der Waals surface area contributed by atoms with Gasteiger partial charge in [-0.05, 0) is 18.1 Å². The number of non-ortho nitro benzene ring substituents is 1. The Balaban J connectivity index is 1.70. The largest absolute Gasteiger partial charge is 0.379 e. The lowest BCUT2D eigenvalue weighted by atomic mass is 10.1. The Bertz CT molecular complexity index is 715. The zero-order valence-electron chi connectivity index (χ0n) is 15.8. The van der Waals surface area contributed by atoms with E-state index in [1.807, 2.05) is 18.2 Å². The van der Waals surface area contributed by atoms with E-state index in [1.165, 1.54) is 5.56 Å². The first kappa shape index (κ1) is 19.5. The fourth-order valence-corrected chi connectivity index (χ4v) is 3.42. The molecular weight excluding hydrogens is 342 g/mol. The number of hydrogen-bond acceptors (Lipinski definition) is 5. The third kappa shape index (κ3) is 5.85. The van der Waals surface area contributed by atoms with Gasteiger partial charge in [0.1, 0.15) is 0 Å². The average molecular weight is 369 g/mol. The van der Waals surface area contributed by atoms with Crippen molar-refractivity contribution >= 4 is 5.69 Å². The highest BCUT2D eigenvalue weighted by atomic mass is 16.6. The first-order valence-corrected chi connectivity index (χ1v) is 9.43. The van der Waals surface area contributed by atoms with Crippen LogP contribution in [0.2, 0.25) is 0 Å². The minimum absolute atomic E-state index is 0.134. The smallest absolute Gasteiger partial charge is 0.269 e. The van der Waals surface area contributed by atoms with Gasteiger partial charge in [-0.15, -0.1) is 0 Å². The number of rotatable bonds is 8. The molecule has 3 rings (SSSR count). The molecule has 0 amide bonds. The van der Waals surface area contributed by atoms with Gasteiger partial charge in [-0.25, -0.2) is 0 Å². The van der Waals surface area contributed by atoms with E-state index in [4.69, 9.17) is 4.74 Å². The van der Waals surface area contributed by atoms with Gasteiger partial charge in [-0.3, -0.25) is 19.9 Å². The molecule has 2 aromatic carbocycles. The summed E-state index contributed by atoms with van der Waals surface area (Å²) >= 11 is 0. The Morgan fingerprint density at radius 2 is 1.63 bits per heavy atom. The summed E-state index contributed by atoms with van der Waals surface area (Å²) in [6.45, 7) is 8.40. The highest BCUT2D eigenvalue weighted by Crippen LogP contribution is 2.17. The normalized spacial score (nSPS) is 16.4. The van der Waals surface area contributed by atoms with Crippen molar-refractivity contribution in [2.24, 2.45) is 0 Å². The Morgan fingerprint density at radius 3 is 2.22 bits per heavy atom. The summed E-state index contributed by atoms with van der Waals surface area (Å²) in [4.78, 5) is 15.4. The lowest BCUT2D eigenvalue weighted by Crippen LogP contribution is -2.45. The molecule has 1 atom stereocenters. The summed E-state index contributed by atoms with van der Waals surface area (Å²) in [6, 6.07) is 17.7. The standard InChI is InChI=1S/C21H27N3O3/c1-18(15-22-11-13-27-14-12-22)23(16-19-5-3-2-4-6-19)17-20-7-9-21(10-8-20)24(25)26/h2-10,18H,11-17H2,1H3. The maximum Gasteiger partial charge on any atom is 0.269 e. The zero-order chi connectivity index (χ0) is 19.1. The number of nitro benzene ring substituents is 1. The molecule has 0 bridgehead atoms. The van der Waals surface area contributed by atoms with Gasteiger partial charge in [0.2, 0.25) is 0 Å². The molecule has 1 aliphatic heterocycles. The third-order valence-corrected chi connectivity index (χ3v) is 5.01. The van der Waals surface area contributed by atoms with Crippen LogP contribution in [0.25, 0.3) is 0 Å². The van der Waals surface area contributed by atoms with E-state index >= 15 is 0 Å². The Morgan fingerprint density at radius 1 is 1.04 bits per heavy atom. The Labute approximate surface area is 160 Å². The van der Waals surface area contributed by atoms with E-state index in [-0.39, 0.29) is 10.6 Å². The molecule has 0 spiro atoms. The zero-order valence-corrected chi connectivity index (χ0v) is 15.8. The maximum absolute atomic E-state index is 10.9. The molecule has 0 aromatic heterocycles. The van der Waals surface area contributed by atoms with Crippen LogP contribution in [-0.2, 0) is 17.8 Å². The summed E-state index contributed by atoms with van der Waals surface area (Å²) in [5.41, 5.74) is 2.49. The van der Waals surface area contributed by atoms with Gasteiger partial charge in [0.05, 0.1) is 18.1 Å². The minimum Gasteiger partial charge on any atom is -0.379 e. The molecule has 144 valence electrons. The van der Waals surface area contributed by atoms with E-state index in [1.54, 1.807) is 12.1 Å². The molecule has 1 heterocycles. The molecule has 1 aliphatic rings. The van der Waals surface area contributed by atoms with Crippen LogP contribution in [0, 0.1) is 10.1 Å². The van der Waals surface area contributed by atoms with Crippen molar-refractivity contribution in [2.45, 2.75) is 26.1 Å². The van der Waals surface area contributed by atoms with E-state index in [0.29, 0.717) is 6.04 Å². The Kier molecular flexibility index (Phi) is 6.92. The van der Waals surface area contributed by atoms with Crippen LogP contribution in [0.3, 0.4) is 0 Å². The van der Waals surface area contributed by atoms with Crippen LogP contribution in [-0.4, -0.2) is 53.6 Å². The molecule has 1 fully saturated rings. The first-order chi connectivity index (χ1) is 13.1. The minimum atomic E-state index is -0.355. The number of ether oxygens (including phenoxy) is 1. The molecule has 6 heteroatoms. The van der Waals surface area contributed by atoms with Crippen molar-refractivity contribution < 1.29 is 9.66 Å². The highest BCUT2D eigenvalue weighted by Gasteiger charge is 2.20. The molecule has 1 saturated heterocycles. The van der Waals surface area contributed by atoms with Crippen molar-refractivity contribution in [3.05, 3.63) is 75.8 Å². The highest BCUT2D eigenvalue weighted by molar-refractivity contribution is 5.32. The number of nitro groups is 1. The fourth-order valence-electron chi connectivity index (χ4n) is 3.42. The monoisotopic (exact) mass is 369 g/mol. The van der Waals surface area contributed by atoms with Crippen LogP contribution in [0.5, 0.6) is 0 Å². The van der Waals surface area contributed by atoms with Crippen LogP contribution in [0.1, 0.15) is 18.1 Å². The molecule has 0 saturated carbocycles. The van der Waals surface area contributed by atoms with Gasteiger partial charge < -0.3 is 4.74 Å². The predicted octanol–water partition coefficient (Wildman–Crippen LogP) is 3.32. The molecule has 6 nitrogen and oxygen atoms in total. The molecule has 2 aromatic rings. The summed E-state index contributed by atoms with van der Waals surface area (Å²) in [7, 11) is 0. The second kappa shape index (κ2) is 9.60. The van der Waals surface area contributed by atoms with Gasteiger partial charge in [0, 0.05) is 50.9 Å². The lowest BCUT2D eigenvalue weighted by Gasteiger charge is -2.35. The average Bonchev–Trinajstić information content (AvgIpc) is 2.69. The van der Waals surface area contributed by atoms with Crippen LogP contribution in [0.4, 0.5) is 5.69 Å². The lowest BCUT2D eigenvalue weighted by molar-refractivity contribution is -0.384. The van der Waals surface area contributed by atoms with Crippen LogP contribution in [0.15, 0.2) is 54.6 Å². The van der Waals surface area contributed by atoms with Crippen molar-refractivity contribution in [3.8, 4) is 0 Å². The quantitative estimate of drug-likeness (QED) is 0.528. The predicted molar refractivity (Wildman–Crippen MR) is 106 cm³/mol. The SMILES string of the molecule is CC(CN1CCOCC1)N(Cc1ccccc1)Cc1ccc([N+](=O)[O-])cc1. The van der Waals surface area contributed by atoms with E-state index in [2.05, 4.69) is 41.0 Å². The summed E-state index contributed by atoms with van der Waals surface area (Å²) in [5.74, 6) is 0. The van der Waals surface area contributed by atoms with Gasteiger partial charge in [0.25, 0.3) is 5.69 Å². The number of benzene rings is 2. The second-order valence-corrected chi connectivity index (χ2v) is 7.08. The van der Waals surface area contributed by atoms with Crippen LogP contribution >= 0.6 is 0 Å².